The van der Waals surface area contributed by atoms with Crippen molar-refractivity contribution in [2.24, 2.45) is 0 Å². The maximum atomic E-state index is 12.4. The smallest absolute Gasteiger partial charge is 0.228 e. The summed E-state index contributed by atoms with van der Waals surface area (Å²) in [6, 6.07) is 15.4. The summed E-state index contributed by atoms with van der Waals surface area (Å²) < 4.78 is 11.3. The molecule has 0 aromatic heterocycles. The third-order valence-corrected chi connectivity index (χ3v) is 4.81. The van der Waals surface area contributed by atoms with Gasteiger partial charge in [0.2, 0.25) is 5.91 Å². The van der Waals surface area contributed by atoms with Crippen LogP contribution in [0.3, 0.4) is 0 Å². The molecular formula is C22H28N2O4. The van der Waals surface area contributed by atoms with Crippen LogP contribution in [0.5, 0.6) is 11.5 Å². The van der Waals surface area contributed by atoms with Gasteiger partial charge in [0.05, 0.1) is 18.2 Å². The Kier molecular flexibility index (Phi) is 6.90. The number of ether oxygens (including phenoxy) is 2. The molecule has 0 fully saturated rings. The van der Waals surface area contributed by atoms with Gasteiger partial charge in [-0.15, -0.1) is 0 Å². The molecule has 0 saturated carbocycles. The number of amides is 1. The summed E-state index contributed by atoms with van der Waals surface area (Å²) in [5.74, 6) is 1.15. The van der Waals surface area contributed by atoms with E-state index < -0.39 is 6.10 Å². The van der Waals surface area contributed by atoms with E-state index in [1.54, 1.807) is 0 Å². The molecule has 0 saturated heterocycles. The number of hydrogen-bond donors (Lipinski definition) is 3. The van der Waals surface area contributed by atoms with Gasteiger partial charge in [0.1, 0.15) is 13.2 Å². The van der Waals surface area contributed by atoms with E-state index >= 15 is 0 Å². The zero-order chi connectivity index (χ0) is 19.9. The number of fused-ring (bicyclic) bond motifs is 1. The van der Waals surface area contributed by atoms with Gasteiger partial charge in [-0.25, -0.2) is 0 Å². The molecule has 3 N–H and O–H groups in total. The Balaban J connectivity index is 1.47. The maximum Gasteiger partial charge on any atom is 0.228 e. The predicted octanol–water partition coefficient (Wildman–Crippen LogP) is 2.22. The molecule has 1 aliphatic heterocycles. The monoisotopic (exact) mass is 384 g/mol. The lowest BCUT2D eigenvalue weighted by Gasteiger charge is -2.23. The zero-order valence-corrected chi connectivity index (χ0v) is 16.4. The van der Waals surface area contributed by atoms with Gasteiger partial charge in [-0.05, 0) is 25.5 Å². The molecule has 3 rings (SSSR count). The van der Waals surface area contributed by atoms with E-state index in [0.717, 1.165) is 16.9 Å². The fourth-order valence-corrected chi connectivity index (χ4v) is 3.22. The fourth-order valence-electron chi connectivity index (χ4n) is 3.22. The number of benzene rings is 2. The van der Waals surface area contributed by atoms with E-state index in [4.69, 9.17) is 9.47 Å². The number of nitrogens with one attached hydrogen (secondary N) is 2. The first-order valence-corrected chi connectivity index (χ1v) is 9.69. The van der Waals surface area contributed by atoms with Crippen molar-refractivity contribution in [3.8, 4) is 11.5 Å². The highest BCUT2D eigenvalue weighted by Crippen LogP contribution is 2.34. The molecule has 3 atom stereocenters. The number of hydrogen-bond acceptors (Lipinski definition) is 5. The van der Waals surface area contributed by atoms with E-state index in [-0.39, 0.29) is 18.0 Å². The first kappa shape index (κ1) is 20.2. The SMILES string of the molecule is CC(NCC(O)Cc1cccc2c1OCCO2)NC(=O)C(C)c1ccccc1. The third kappa shape index (κ3) is 5.24. The van der Waals surface area contributed by atoms with E-state index in [1.807, 2.05) is 62.4 Å². The average Bonchev–Trinajstić information content (AvgIpc) is 2.72. The van der Waals surface area contributed by atoms with Crippen LogP contribution in [0.1, 0.15) is 30.9 Å². The number of rotatable bonds is 8. The summed E-state index contributed by atoms with van der Waals surface area (Å²) in [4.78, 5) is 12.4. The second-order valence-electron chi connectivity index (χ2n) is 7.07. The summed E-state index contributed by atoms with van der Waals surface area (Å²) >= 11 is 0. The molecule has 0 radical (unpaired) electrons. The number of aliphatic hydroxyl groups is 1. The van der Waals surface area contributed by atoms with Gasteiger partial charge in [-0.1, -0.05) is 42.5 Å². The van der Waals surface area contributed by atoms with Crippen molar-refractivity contribution in [1.29, 1.82) is 0 Å². The molecule has 28 heavy (non-hydrogen) atoms. The molecule has 150 valence electrons. The van der Waals surface area contributed by atoms with E-state index in [2.05, 4.69) is 10.6 Å². The highest BCUT2D eigenvalue weighted by atomic mass is 16.6. The van der Waals surface area contributed by atoms with Gasteiger partial charge in [0.15, 0.2) is 11.5 Å². The number of para-hydroxylation sites is 1. The Morgan fingerprint density at radius 3 is 2.61 bits per heavy atom. The predicted molar refractivity (Wildman–Crippen MR) is 108 cm³/mol. The van der Waals surface area contributed by atoms with E-state index in [0.29, 0.717) is 31.9 Å². The molecule has 1 amide bonds. The van der Waals surface area contributed by atoms with Crippen molar-refractivity contribution in [2.45, 2.75) is 38.5 Å². The second-order valence-corrected chi connectivity index (χ2v) is 7.07. The first-order valence-electron chi connectivity index (χ1n) is 9.69. The molecule has 1 heterocycles. The highest BCUT2D eigenvalue weighted by Gasteiger charge is 2.19. The molecule has 2 aromatic carbocycles. The Bertz CT molecular complexity index is 781. The average molecular weight is 384 g/mol. The van der Waals surface area contributed by atoms with Crippen LogP contribution in [0.4, 0.5) is 0 Å². The number of carbonyl (C=O) groups excluding carboxylic acids is 1. The third-order valence-electron chi connectivity index (χ3n) is 4.81. The van der Waals surface area contributed by atoms with Crippen molar-refractivity contribution in [1.82, 2.24) is 10.6 Å². The topological polar surface area (TPSA) is 79.8 Å². The van der Waals surface area contributed by atoms with Gasteiger partial charge in [0.25, 0.3) is 0 Å². The summed E-state index contributed by atoms with van der Waals surface area (Å²) in [5, 5.41) is 16.5. The lowest BCUT2D eigenvalue weighted by atomic mass is 10.0. The van der Waals surface area contributed by atoms with Crippen molar-refractivity contribution >= 4 is 5.91 Å². The van der Waals surface area contributed by atoms with E-state index in [9.17, 15) is 9.90 Å². The molecule has 0 spiro atoms. The van der Waals surface area contributed by atoms with Crippen molar-refractivity contribution in [3.63, 3.8) is 0 Å². The lowest BCUT2D eigenvalue weighted by molar-refractivity contribution is -0.123. The quantitative estimate of drug-likeness (QED) is 0.608. The summed E-state index contributed by atoms with van der Waals surface area (Å²) in [7, 11) is 0. The molecule has 0 bridgehead atoms. The van der Waals surface area contributed by atoms with Crippen LogP contribution in [0.25, 0.3) is 0 Å². The Morgan fingerprint density at radius 1 is 1.07 bits per heavy atom. The standard InChI is InChI=1S/C22H28N2O4/c1-15(17-7-4-3-5-8-17)22(26)24-16(2)23-14-19(25)13-18-9-6-10-20-21(18)28-12-11-27-20/h3-10,15-16,19,23,25H,11-14H2,1-2H3,(H,24,26). The Labute approximate surface area is 165 Å². The summed E-state index contributed by atoms with van der Waals surface area (Å²) in [5.41, 5.74) is 1.89. The molecular weight excluding hydrogens is 356 g/mol. The van der Waals surface area contributed by atoms with Gasteiger partial charge in [-0.2, -0.15) is 0 Å². The van der Waals surface area contributed by atoms with Crippen molar-refractivity contribution in [3.05, 3.63) is 59.7 Å². The molecule has 0 aliphatic carbocycles. The van der Waals surface area contributed by atoms with Crippen LogP contribution in [-0.2, 0) is 11.2 Å². The molecule has 1 aliphatic rings. The van der Waals surface area contributed by atoms with Gasteiger partial charge >= 0.3 is 0 Å². The van der Waals surface area contributed by atoms with Crippen LogP contribution in [0, 0.1) is 0 Å². The molecule has 6 nitrogen and oxygen atoms in total. The highest BCUT2D eigenvalue weighted by molar-refractivity contribution is 5.83. The lowest BCUT2D eigenvalue weighted by Crippen LogP contribution is -2.47. The zero-order valence-electron chi connectivity index (χ0n) is 16.4. The minimum Gasteiger partial charge on any atom is -0.486 e. The van der Waals surface area contributed by atoms with Crippen molar-refractivity contribution in [2.75, 3.05) is 19.8 Å². The van der Waals surface area contributed by atoms with Crippen LogP contribution in [0.2, 0.25) is 0 Å². The van der Waals surface area contributed by atoms with Crippen LogP contribution >= 0.6 is 0 Å². The minimum atomic E-state index is -0.608. The minimum absolute atomic E-state index is 0.0524. The second kappa shape index (κ2) is 9.57. The summed E-state index contributed by atoms with van der Waals surface area (Å²) in [6.07, 6.45) is -0.416. The van der Waals surface area contributed by atoms with E-state index in [1.165, 1.54) is 0 Å². The van der Waals surface area contributed by atoms with Crippen LogP contribution in [-0.4, -0.2) is 43.0 Å². The van der Waals surface area contributed by atoms with Gasteiger partial charge < -0.3 is 19.9 Å². The Morgan fingerprint density at radius 2 is 1.82 bits per heavy atom. The molecule has 2 aromatic rings. The molecule has 3 unspecified atom stereocenters. The number of aliphatic hydroxyl groups excluding tert-OH is 1. The molecule has 6 heteroatoms. The van der Waals surface area contributed by atoms with Crippen LogP contribution < -0.4 is 20.1 Å². The van der Waals surface area contributed by atoms with Crippen LogP contribution in [0.15, 0.2) is 48.5 Å². The van der Waals surface area contributed by atoms with Crippen molar-refractivity contribution < 1.29 is 19.4 Å². The summed E-state index contributed by atoms with van der Waals surface area (Å²) in [6.45, 7) is 5.16. The van der Waals surface area contributed by atoms with Gasteiger partial charge in [-0.3, -0.25) is 10.1 Å². The van der Waals surface area contributed by atoms with Gasteiger partial charge in [0, 0.05) is 18.5 Å². The Hall–Kier alpha value is -2.57. The maximum absolute atomic E-state index is 12.4. The normalized spacial score (nSPS) is 16.1. The first-order chi connectivity index (χ1) is 13.5. The number of carbonyl (C=O) groups is 1. The fraction of sp³-hybridized carbons (Fsp3) is 0.409. The largest absolute Gasteiger partial charge is 0.486 e.